The lowest BCUT2D eigenvalue weighted by Gasteiger charge is -2.08. The molecule has 2 heterocycles. The average molecular weight is 264 g/mol. The molecule has 0 aliphatic rings. The van der Waals surface area contributed by atoms with Gasteiger partial charge >= 0.3 is 0 Å². The summed E-state index contributed by atoms with van der Waals surface area (Å²) in [5, 5.41) is 10.9. The molecule has 0 bridgehead atoms. The first-order valence-electron chi connectivity index (χ1n) is 5.84. The SMILES string of the molecule is CCn1cnnc1CNc1nc(OC)cc(OC)n1. The van der Waals surface area contributed by atoms with Crippen molar-refractivity contribution >= 4 is 5.95 Å². The molecule has 2 rings (SSSR count). The molecular weight excluding hydrogens is 248 g/mol. The molecule has 0 amide bonds. The topological polar surface area (TPSA) is 87.0 Å². The molecular formula is C11H16N6O2. The summed E-state index contributed by atoms with van der Waals surface area (Å²) in [5.41, 5.74) is 0. The number of anilines is 1. The van der Waals surface area contributed by atoms with E-state index in [-0.39, 0.29) is 0 Å². The molecule has 0 saturated heterocycles. The number of ether oxygens (including phenoxy) is 2. The first-order chi connectivity index (χ1) is 9.26. The minimum atomic E-state index is 0.418. The lowest BCUT2D eigenvalue weighted by Crippen LogP contribution is -2.10. The van der Waals surface area contributed by atoms with Crippen molar-refractivity contribution in [3.63, 3.8) is 0 Å². The van der Waals surface area contributed by atoms with Gasteiger partial charge in [-0.1, -0.05) is 0 Å². The summed E-state index contributed by atoms with van der Waals surface area (Å²) in [7, 11) is 3.08. The van der Waals surface area contributed by atoms with Gasteiger partial charge in [-0.05, 0) is 6.92 Å². The van der Waals surface area contributed by atoms with Gasteiger partial charge in [0, 0.05) is 6.54 Å². The molecule has 0 saturated carbocycles. The molecule has 8 heteroatoms. The normalized spacial score (nSPS) is 10.3. The zero-order chi connectivity index (χ0) is 13.7. The van der Waals surface area contributed by atoms with Gasteiger partial charge in [-0.15, -0.1) is 10.2 Å². The fourth-order valence-electron chi connectivity index (χ4n) is 1.53. The summed E-state index contributed by atoms with van der Waals surface area (Å²) in [6.07, 6.45) is 1.68. The molecule has 0 radical (unpaired) electrons. The molecule has 1 N–H and O–H groups in total. The number of methoxy groups -OCH3 is 2. The predicted octanol–water partition coefficient (Wildman–Crippen LogP) is 0.717. The van der Waals surface area contributed by atoms with E-state index in [2.05, 4.69) is 25.5 Å². The summed E-state index contributed by atoms with van der Waals surface area (Å²) in [6, 6.07) is 1.61. The van der Waals surface area contributed by atoms with E-state index in [4.69, 9.17) is 9.47 Å². The number of rotatable bonds is 6. The van der Waals surface area contributed by atoms with Crippen molar-refractivity contribution in [3.8, 4) is 11.8 Å². The number of hydrogen-bond acceptors (Lipinski definition) is 7. The Balaban J connectivity index is 2.10. The van der Waals surface area contributed by atoms with Crippen LogP contribution in [0.25, 0.3) is 0 Å². The highest BCUT2D eigenvalue weighted by Crippen LogP contribution is 2.17. The van der Waals surface area contributed by atoms with Crippen LogP contribution in [-0.2, 0) is 13.1 Å². The standard InChI is InChI=1S/C11H16N6O2/c1-4-17-7-13-16-8(17)6-12-11-14-9(18-2)5-10(15-11)19-3/h5,7H,4,6H2,1-3H3,(H,12,14,15). The summed E-state index contributed by atoms with van der Waals surface area (Å²) >= 11 is 0. The van der Waals surface area contributed by atoms with Crippen molar-refractivity contribution in [2.45, 2.75) is 20.0 Å². The lowest BCUT2D eigenvalue weighted by atomic mass is 10.5. The second-order valence-corrected chi connectivity index (χ2v) is 3.66. The third-order valence-electron chi connectivity index (χ3n) is 2.54. The Hall–Kier alpha value is -2.38. The Labute approximate surface area is 110 Å². The molecule has 8 nitrogen and oxygen atoms in total. The highest BCUT2D eigenvalue weighted by Gasteiger charge is 2.07. The number of aromatic nitrogens is 5. The van der Waals surface area contributed by atoms with Crippen molar-refractivity contribution < 1.29 is 9.47 Å². The van der Waals surface area contributed by atoms with Crippen LogP contribution in [-0.4, -0.2) is 39.0 Å². The van der Waals surface area contributed by atoms with Gasteiger partial charge in [0.15, 0.2) is 5.82 Å². The minimum absolute atomic E-state index is 0.418. The van der Waals surface area contributed by atoms with E-state index in [0.29, 0.717) is 24.3 Å². The van der Waals surface area contributed by atoms with E-state index in [1.165, 1.54) is 0 Å². The van der Waals surface area contributed by atoms with Gasteiger partial charge in [0.1, 0.15) is 6.33 Å². The van der Waals surface area contributed by atoms with Crippen LogP contribution in [0.5, 0.6) is 11.8 Å². The predicted molar refractivity (Wildman–Crippen MR) is 68.2 cm³/mol. The van der Waals surface area contributed by atoms with Crippen LogP contribution >= 0.6 is 0 Å². The molecule has 19 heavy (non-hydrogen) atoms. The Kier molecular flexibility index (Phi) is 4.11. The van der Waals surface area contributed by atoms with Gasteiger partial charge in [-0.3, -0.25) is 0 Å². The highest BCUT2D eigenvalue weighted by molar-refractivity contribution is 5.33. The zero-order valence-electron chi connectivity index (χ0n) is 11.1. The molecule has 0 spiro atoms. The Morgan fingerprint density at radius 2 is 1.89 bits per heavy atom. The van der Waals surface area contributed by atoms with Gasteiger partial charge in [0.05, 0.1) is 26.8 Å². The fraction of sp³-hybridized carbons (Fsp3) is 0.455. The Morgan fingerprint density at radius 1 is 1.21 bits per heavy atom. The molecule has 0 unspecified atom stereocenters. The molecule has 2 aromatic heterocycles. The maximum absolute atomic E-state index is 5.07. The van der Waals surface area contributed by atoms with Gasteiger partial charge in [0.25, 0.3) is 0 Å². The van der Waals surface area contributed by atoms with Crippen LogP contribution in [0, 0.1) is 0 Å². The summed E-state index contributed by atoms with van der Waals surface area (Å²) in [6.45, 7) is 3.31. The van der Waals surface area contributed by atoms with Crippen LogP contribution in [0.2, 0.25) is 0 Å². The molecule has 0 aromatic carbocycles. The van der Waals surface area contributed by atoms with Crippen molar-refractivity contribution in [3.05, 3.63) is 18.2 Å². The van der Waals surface area contributed by atoms with E-state index < -0.39 is 0 Å². The largest absolute Gasteiger partial charge is 0.481 e. The lowest BCUT2D eigenvalue weighted by molar-refractivity contribution is 0.372. The number of nitrogens with one attached hydrogen (secondary N) is 1. The minimum Gasteiger partial charge on any atom is -0.481 e. The third kappa shape index (κ3) is 3.09. The van der Waals surface area contributed by atoms with Crippen LogP contribution < -0.4 is 14.8 Å². The van der Waals surface area contributed by atoms with Gasteiger partial charge in [-0.2, -0.15) is 9.97 Å². The van der Waals surface area contributed by atoms with Crippen LogP contribution in [0.3, 0.4) is 0 Å². The first-order valence-corrected chi connectivity index (χ1v) is 5.84. The summed E-state index contributed by atoms with van der Waals surface area (Å²) < 4.78 is 12.1. The number of aryl methyl sites for hydroxylation is 1. The molecule has 0 aliphatic carbocycles. The first kappa shape index (κ1) is 13.1. The Bertz CT molecular complexity index is 519. The van der Waals surface area contributed by atoms with Gasteiger partial charge in [-0.25, -0.2) is 0 Å². The maximum Gasteiger partial charge on any atom is 0.229 e. The van der Waals surface area contributed by atoms with E-state index >= 15 is 0 Å². The van der Waals surface area contributed by atoms with Gasteiger partial charge in [0.2, 0.25) is 17.7 Å². The number of nitrogens with zero attached hydrogens (tertiary/aromatic N) is 5. The van der Waals surface area contributed by atoms with Crippen LogP contribution in [0.1, 0.15) is 12.7 Å². The van der Waals surface area contributed by atoms with E-state index in [9.17, 15) is 0 Å². The van der Waals surface area contributed by atoms with Crippen LogP contribution in [0.15, 0.2) is 12.4 Å². The van der Waals surface area contributed by atoms with Crippen LogP contribution in [0.4, 0.5) is 5.95 Å². The van der Waals surface area contributed by atoms with E-state index in [1.54, 1.807) is 26.6 Å². The van der Waals surface area contributed by atoms with Crippen molar-refractivity contribution in [1.82, 2.24) is 24.7 Å². The monoisotopic (exact) mass is 264 g/mol. The summed E-state index contributed by atoms with van der Waals surface area (Å²) in [5.74, 6) is 2.10. The van der Waals surface area contributed by atoms with Crippen molar-refractivity contribution in [2.24, 2.45) is 0 Å². The van der Waals surface area contributed by atoms with Gasteiger partial charge < -0.3 is 19.4 Å². The quantitative estimate of drug-likeness (QED) is 0.822. The average Bonchev–Trinajstić information content (AvgIpc) is 2.92. The molecule has 2 aromatic rings. The molecule has 102 valence electrons. The number of hydrogen-bond donors (Lipinski definition) is 1. The third-order valence-corrected chi connectivity index (χ3v) is 2.54. The Morgan fingerprint density at radius 3 is 2.47 bits per heavy atom. The van der Waals surface area contributed by atoms with E-state index in [1.807, 2.05) is 11.5 Å². The second kappa shape index (κ2) is 5.98. The smallest absolute Gasteiger partial charge is 0.229 e. The van der Waals surface area contributed by atoms with E-state index in [0.717, 1.165) is 12.4 Å². The zero-order valence-corrected chi connectivity index (χ0v) is 11.1. The molecule has 0 atom stereocenters. The molecule has 0 aliphatic heterocycles. The second-order valence-electron chi connectivity index (χ2n) is 3.66. The maximum atomic E-state index is 5.07. The fourth-order valence-corrected chi connectivity index (χ4v) is 1.53. The van der Waals surface area contributed by atoms with Crippen molar-refractivity contribution in [1.29, 1.82) is 0 Å². The summed E-state index contributed by atoms with van der Waals surface area (Å²) in [4.78, 5) is 8.35. The highest BCUT2D eigenvalue weighted by atomic mass is 16.5. The molecule has 0 fully saturated rings. The van der Waals surface area contributed by atoms with Crippen molar-refractivity contribution in [2.75, 3.05) is 19.5 Å².